The smallest absolute Gasteiger partial charge is 0.266 e. The van der Waals surface area contributed by atoms with Crippen LogP contribution in [0.2, 0.25) is 5.02 Å². The van der Waals surface area contributed by atoms with Gasteiger partial charge >= 0.3 is 0 Å². The van der Waals surface area contributed by atoms with Crippen molar-refractivity contribution in [1.82, 2.24) is 5.43 Å². The van der Waals surface area contributed by atoms with Crippen molar-refractivity contribution in [2.24, 2.45) is 0 Å². The van der Waals surface area contributed by atoms with Crippen molar-refractivity contribution in [3.8, 4) is 0 Å². The maximum atomic E-state index is 13.2. The highest BCUT2D eigenvalue weighted by atomic mass is 35.5. The van der Waals surface area contributed by atoms with E-state index in [1.165, 1.54) is 6.92 Å². The number of carbonyl (C=O) groups is 3. The number of amides is 2. The van der Waals surface area contributed by atoms with Gasteiger partial charge in [0.2, 0.25) is 0 Å². The lowest BCUT2D eigenvalue weighted by Gasteiger charge is -2.27. The first-order valence-electron chi connectivity index (χ1n) is 8.40. The van der Waals surface area contributed by atoms with Crippen molar-refractivity contribution >= 4 is 40.6 Å². The molecule has 0 spiro atoms. The topological polar surface area (TPSA) is 69.7 Å². The summed E-state index contributed by atoms with van der Waals surface area (Å²) in [6, 6.07) is 13.1. The number of hydrogen-bond donors (Lipinski definition) is 1. The Bertz CT molecular complexity index is 1030. The van der Waals surface area contributed by atoms with Gasteiger partial charge in [-0.25, -0.2) is 4.90 Å². The van der Waals surface area contributed by atoms with Gasteiger partial charge in [-0.05, 0) is 36.8 Å². The Kier molecular flexibility index (Phi) is 4.00. The van der Waals surface area contributed by atoms with E-state index >= 15 is 0 Å². The molecule has 4 rings (SSSR count). The van der Waals surface area contributed by atoms with Gasteiger partial charge in [0.15, 0.2) is 11.8 Å². The number of nitrogens with one attached hydrogen (secondary N) is 1. The molecule has 0 bridgehead atoms. The predicted octanol–water partition coefficient (Wildman–Crippen LogP) is 2.76. The molecule has 27 heavy (non-hydrogen) atoms. The van der Waals surface area contributed by atoms with Crippen molar-refractivity contribution in [2.45, 2.75) is 19.9 Å². The number of fused-ring (bicyclic) bond motifs is 1. The molecule has 1 atom stereocenters. The number of nitrogens with zero attached hydrogens (tertiary/aromatic N) is 2. The number of ketones is 1. The molecule has 136 valence electrons. The third kappa shape index (κ3) is 2.61. The SMILES string of the molecule is CC(=O)C1=C2C(=O)N(c3cccc(Cl)c3)C(=O)[C@H]2N(c2ccccc2C)N1. The molecule has 7 heteroatoms. The number of hydrazine groups is 1. The van der Waals surface area contributed by atoms with Crippen LogP contribution in [0, 0.1) is 6.92 Å². The average Bonchev–Trinajstić information content (AvgIpc) is 3.13. The number of imide groups is 1. The number of allylic oxidation sites excluding steroid dienone is 1. The van der Waals surface area contributed by atoms with Crippen molar-refractivity contribution in [3.63, 3.8) is 0 Å². The summed E-state index contributed by atoms with van der Waals surface area (Å²) in [5.74, 6) is -1.24. The lowest BCUT2D eigenvalue weighted by atomic mass is 10.1. The first kappa shape index (κ1) is 17.3. The van der Waals surface area contributed by atoms with Crippen molar-refractivity contribution in [2.75, 3.05) is 9.91 Å². The van der Waals surface area contributed by atoms with E-state index in [9.17, 15) is 14.4 Å². The first-order chi connectivity index (χ1) is 12.9. The Morgan fingerprint density at radius 2 is 1.85 bits per heavy atom. The van der Waals surface area contributed by atoms with Crippen LogP contribution >= 0.6 is 11.6 Å². The molecule has 2 heterocycles. The Labute approximate surface area is 161 Å². The second kappa shape index (κ2) is 6.25. The van der Waals surface area contributed by atoms with Crippen molar-refractivity contribution in [3.05, 3.63) is 70.4 Å². The van der Waals surface area contributed by atoms with Gasteiger partial charge in [-0.2, -0.15) is 0 Å². The fraction of sp³-hybridized carbons (Fsp3) is 0.150. The van der Waals surface area contributed by atoms with Crippen LogP contribution < -0.4 is 15.3 Å². The molecule has 2 aliphatic heterocycles. The molecule has 0 saturated carbocycles. The molecule has 2 aliphatic rings. The van der Waals surface area contributed by atoms with E-state index in [0.29, 0.717) is 10.7 Å². The van der Waals surface area contributed by atoms with Gasteiger partial charge < -0.3 is 0 Å². The quantitative estimate of drug-likeness (QED) is 0.828. The molecule has 1 N–H and O–H groups in total. The molecule has 0 unspecified atom stereocenters. The molecule has 2 aromatic carbocycles. The molecule has 2 aromatic rings. The third-order valence-electron chi connectivity index (χ3n) is 4.71. The van der Waals surface area contributed by atoms with E-state index in [4.69, 9.17) is 11.6 Å². The van der Waals surface area contributed by atoms with Gasteiger partial charge in [0.05, 0.1) is 16.9 Å². The zero-order chi connectivity index (χ0) is 19.3. The van der Waals surface area contributed by atoms with Gasteiger partial charge in [0.1, 0.15) is 5.70 Å². The maximum absolute atomic E-state index is 13.2. The molecule has 0 aromatic heterocycles. The normalized spacial score (nSPS) is 18.9. The number of para-hydroxylation sites is 1. The van der Waals surface area contributed by atoms with E-state index in [1.54, 1.807) is 29.3 Å². The Morgan fingerprint density at radius 3 is 2.52 bits per heavy atom. The highest BCUT2D eigenvalue weighted by Gasteiger charge is 2.53. The van der Waals surface area contributed by atoms with E-state index < -0.39 is 17.9 Å². The fourth-order valence-electron chi connectivity index (χ4n) is 3.47. The molecular formula is C20H16ClN3O3. The van der Waals surface area contributed by atoms with Crippen LogP contribution in [0.4, 0.5) is 11.4 Å². The highest BCUT2D eigenvalue weighted by molar-refractivity contribution is 6.35. The molecule has 0 aliphatic carbocycles. The number of anilines is 2. The van der Waals surface area contributed by atoms with Crippen LogP contribution in [-0.2, 0) is 14.4 Å². The fourth-order valence-corrected chi connectivity index (χ4v) is 3.66. The average molecular weight is 382 g/mol. The summed E-state index contributed by atoms with van der Waals surface area (Å²) in [7, 11) is 0. The molecule has 0 radical (unpaired) electrons. The summed E-state index contributed by atoms with van der Waals surface area (Å²) in [5.41, 5.74) is 5.29. The van der Waals surface area contributed by atoms with Gasteiger partial charge in [0.25, 0.3) is 11.8 Å². The number of Topliss-reactive ketones (excluding diaryl/α,β-unsaturated/α-hetero) is 1. The van der Waals surface area contributed by atoms with Crippen LogP contribution in [0.1, 0.15) is 12.5 Å². The minimum atomic E-state index is -0.906. The minimum absolute atomic E-state index is 0.145. The van der Waals surface area contributed by atoms with Crippen LogP contribution in [0.15, 0.2) is 59.8 Å². The number of carbonyl (C=O) groups excluding carboxylic acids is 3. The van der Waals surface area contributed by atoms with Crippen LogP contribution in [-0.4, -0.2) is 23.6 Å². The van der Waals surface area contributed by atoms with E-state index in [-0.39, 0.29) is 17.1 Å². The molecule has 1 fully saturated rings. The number of rotatable bonds is 3. The monoisotopic (exact) mass is 381 g/mol. The molecular weight excluding hydrogens is 366 g/mol. The lowest BCUT2D eigenvalue weighted by molar-refractivity contribution is -0.121. The maximum Gasteiger partial charge on any atom is 0.266 e. The summed E-state index contributed by atoms with van der Waals surface area (Å²) in [5, 5.41) is 2.01. The predicted molar refractivity (Wildman–Crippen MR) is 102 cm³/mol. The number of aryl methyl sites for hydroxylation is 1. The summed E-state index contributed by atoms with van der Waals surface area (Å²) in [4.78, 5) is 39.5. The van der Waals surface area contributed by atoms with Crippen molar-refractivity contribution < 1.29 is 14.4 Å². The number of benzene rings is 2. The number of halogens is 1. The largest absolute Gasteiger partial charge is 0.293 e. The highest BCUT2D eigenvalue weighted by Crippen LogP contribution is 2.38. The third-order valence-corrected chi connectivity index (χ3v) is 4.95. The lowest BCUT2D eigenvalue weighted by Crippen LogP contribution is -2.46. The van der Waals surface area contributed by atoms with Crippen molar-refractivity contribution in [1.29, 1.82) is 0 Å². The zero-order valence-electron chi connectivity index (χ0n) is 14.7. The summed E-state index contributed by atoms with van der Waals surface area (Å²) < 4.78 is 0. The second-order valence-electron chi connectivity index (χ2n) is 6.47. The molecule has 2 amide bonds. The molecule has 6 nitrogen and oxygen atoms in total. The van der Waals surface area contributed by atoms with E-state index in [2.05, 4.69) is 5.43 Å². The van der Waals surface area contributed by atoms with Crippen LogP contribution in [0.5, 0.6) is 0 Å². The van der Waals surface area contributed by atoms with Gasteiger partial charge in [-0.15, -0.1) is 0 Å². The molecule has 1 saturated heterocycles. The summed E-state index contributed by atoms with van der Waals surface area (Å²) >= 11 is 6.03. The van der Waals surface area contributed by atoms with Gasteiger partial charge in [-0.1, -0.05) is 35.9 Å². The van der Waals surface area contributed by atoms with Gasteiger partial charge in [0, 0.05) is 11.9 Å². The minimum Gasteiger partial charge on any atom is -0.293 e. The van der Waals surface area contributed by atoms with Crippen LogP contribution in [0.3, 0.4) is 0 Å². The standard InChI is InChI=1S/C20H16ClN3O3/c1-11-6-3-4-9-15(11)24-18-16(17(22-24)12(2)25)19(26)23(20(18)27)14-8-5-7-13(21)10-14/h3-10,18,22H,1-2H3/t18-/m0/s1. The second-order valence-corrected chi connectivity index (χ2v) is 6.91. The van der Waals surface area contributed by atoms with E-state index in [0.717, 1.165) is 16.2 Å². The Balaban J connectivity index is 1.85. The Hall–Kier alpha value is -3.12. The van der Waals surface area contributed by atoms with E-state index in [1.807, 2.05) is 31.2 Å². The van der Waals surface area contributed by atoms with Crippen LogP contribution in [0.25, 0.3) is 0 Å². The zero-order valence-corrected chi connectivity index (χ0v) is 15.4. The van der Waals surface area contributed by atoms with Gasteiger partial charge in [-0.3, -0.25) is 24.8 Å². The Morgan fingerprint density at radius 1 is 1.11 bits per heavy atom. The summed E-state index contributed by atoms with van der Waals surface area (Å²) in [6.45, 7) is 3.27. The number of hydrogen-bond acceptors (Lipinski definition) is 5. The first-order valence-corrected chi connectivity index (χ1v) is 8.78. The summed E-state index contributed by atoms with van der Waals surface area (Å²) in [6.07, 6.45) is 0.